The van der Waals surface area contributed by atoms with Crippen LogP contribution < -0.4 is 11.1 Å². The lowest BCUT2D eigenvalue weighted by Crippen LogP contribution is -2.42. The topological polar surface area (TPSA) is 55.1 Å². The fourth-order valence-corrected chi connectivity index (χ4v) is 3.03. The van der Waals surface area contributed by atoms with Crippen molar-refractivity contribution in [2.45, 2.75) is 46.1 Å². The first-order valence-corrected chi connectivity index (χ1v) is 7.15. The van der Waals surface area contributed by atoms with Crippen molar-refractivity contribution in [3.05, 3.63) is 29.3 Å². The Balaban J connectivity index is 2.07. The number of carbonyl (C=O) groups is 1. The number of anilines is 1. The van der Waals surface area contributed by atoms with Crippen molar-refractivity contribution in [2.75, 3.05) is 5.73 Å². The van der Waals surface area contributed by atoms with Gasteiger partial charge in [0.2, 0.25) is 0 Å². The molecule has 1 aliphatic rings. The summed E-state index contributed by atoms with van der Waals surface area (Å²) in [7, 11) is 0. The van der Waals surface area contributed by atoms with Crippen LogP contribution in [0.15, 0.2) is 18.2 Å². The van der Waals surface area contributed by atoms with Crippen LogP contribution in [-0.2, 0) is 0 Å². The predicted octanol–water partition coefficient (Wildman–Crippen LogP) is 3.13. The maximum atomic E-state index is 12.3. The van der Waals surface area contributed by atoms with Gasteiger partial charge in [-0.3, -0.25) is 4.79 Å². The molecule has 3 nitrogen and oxygen atoms in total. The van der Waals surface area contributed by atoms with E-state index in [4.69, 9.17) is 5.73 Å². The minimum Gasteiger partial charge on any atom is -0.398 e. The van der Waals surface area contributed by atoms with Crippen molar-refractivity contribution < 1.29 is 4.79 Å². The van der Waals surface area contributed by atoms with E-state index < -0.39 is 0 Å². The highest BCUT2D eigenvalue weighted by molar-refractivity contribution is 5.97. The third-order valence-corrected chi connectivity index (χ3v) is 4.37. The number of hydrogen-bond acceptors (Lipinski definition) is 2. The molecular formula is C16H24N2O. The molecule has 1 amide bonds. The zero-order valence-electron chi connectivity index (χ0n) is 12.1. The summed E-state index contributed by atoms with van der Waals surface area (Å²) in [5.74, 6) is 1.34. The molecule has 1 aromatic carbocycles. The minimum absolute atomic E-state index is 0.0104. The lowest BCUT2D eigenvalue weighted by molar-refractivity contribution is 0.0899. The molecule has 1 aromatic rings. The van der Waals surface area contributed by atoms with Crippen molar-refractivity contribution >= 4 is 11.6 Å². The van der Waals surface area contributed by atoms with Crippen molar-refractivity contribution in [3.63, 3.8) is 0 Å². The Morgan fingerprint density at radius 2 is 2.05 bits per heavy atom. The summed E-state index contributed by atoms with van der Waals surface area (Å²) in [5.41, 5.74) is 8.11. The molecule has 104 valence electrons. The van der Waals surface area contributed by atoms with E-state index in [1.54, 1.807) is 0 Å². The van der Waals surface area contributed by atoms with Crippen LogP contribution in [0.4, 0.5) is 5.69 Å². The third kappa shape index (κ3) is 3.09. The van der Waals surface area contributed by atoms with Gasteiger partial charge < -0.3 is 11.1 Å². The fraction of sp³-hybridized carbons (Fsp3) is 0.562. The van der Waals surface area contributed by atoms with Gasteiger partial charge in [0.25, 0.3) is 5.91 Å². The predicted molar refractivity (Wildman–Crippen MR) is 79.0 cm³/mol. The normalized spacial score (nSPS) is 27.0. The maximum Gasteiger partial charge on any atom is 0.251 e. The van der Waals surface area contributed by atoms with Crippen molar-refractivity contribution in [1.82, 2.24) is 5.32 Å². The molecule has 19 heavy (non-hydrogen) atoms. The van der Waals surface area contributed by atoms with E-state index in [2.05, 4.69) is 19.2 Å². The van der Waals surface area contributed by atoms with Gasteiger partial charge >= 0.3 is 0 Å². The van der Waals surface area contributed by atoms with Crippen molar-refractivity contribution in [2.24, 2.45) is 11.8 Å². The summed E-state index contributed by atoms with van der Waals surface area (Å²) in [6.45, 7) is 6.42. The van der Waals surface area contributed by atoms with Gasteiger partial charge in [0.1, 0.15) is 0 Å². The number of nitrogen functional groups attached to an aromatic ring is 1. The molecule has 0 heterocycles. The van der Waals surface area contributed by atoms with E-state index in [1.807, 2.05) is 25.1 Å². The average Bonchev–Trinajstić information content (AvgIpc) is 2.36. The highest BCUT2D eigenvalue weighted by Crippen LogP contribution is 2.29. The van der Waals surface area contributed by atoms with Crippen LogP contribution in [0, 0.1) is 18.8 Å². The monoisotopic (exact) mass is 260 g/mol. The molecule has 0 aromatic heterocycles. The first-order chi connectivity index (χ1) is 8.99. The molecule has 0 radical (unpaired) electrons. The maximum absolute atomic E-state index is 12.3. The molecule has 3 unspecified atom stereocenters. The SMILES string of the molecule is Cc1c(N)cccc1C(=O)NC1CCC(C)CC1C. The lowest BCUT2D eigenvalue weighted by atomic mass is 9.80. The number of benzene rings is 1. The quantitative estimate of drug-likeness (QED) is 0.803. The second kappa shape index (κ2) is 5.64. The summed E-state index contributed by atoms with van der Waals surface area (Å²) >= 11 is 0. The van der Waals surface area contributed by atoms with Gasteiger partial charge in [-0.2, -0.15) is 0 Å². The number of hydrogen-bond donors (Lipinski definition) is 2. The Morgan fingerprint density at radius 3 is 2.74 bits per heavy atom. The molecule has 2 rings (SSSR count). The van der Waals surface area contributed by atoms with Crippen LogP contribution in [0.2, 0.25) is 0 Å². The second-order valence-electron chi connectivity index (χ2n) is 6.00. The van der Waals surface area contributed by atoms with Crippen molar-refractivity contribution in [1.29, 1.82) is 0 Å². The Bertz CT molecular complexity index is 470. The molecular weight excluding hydrogens is 236 g/mol. The molecule has 0 bridgehead atoms. The largest absolute Gasteiger partial charge is 0.398 e. The summed E-state index contributed by atoms with van der Waals surface area (Å²) in [5, 5.41) is 3.18. The van der Waals surface area contributed by atoms with Gasteiger partial charge in [0, 0.05) is 17.3 Å². The molecule has 3 atom stereocenters. The number of nitrogens with one attached hydrogen (secondary N) is 1. The number of nitrogens with two attached hydrogens (primary N) is 1. The number of amides is 1. The molecule has 3 heteroatoms. The Labute approximate surface area is 115 Å². The van der Waals surface area contributed by atoms with E-state index in [-0.39, 0.29) is 5.91 Å². The highest BCUT2D eigenvalue weighted by Gasteiger charge is 2.27. The summed E-state index contributed by atoms with van der Waals surface area (Å²) in [6, 6.07) is 5.81. The number of rotatable bonds is 2. The van der Waals surface area contributed by atoms with Gasteiger partial charge in [0.05, 0.1) is 0 Å². The fourth-order valence-electron chi connectivity index (χ4n) is 3.03. The van der Waals surface area contributed by atoms with Crippen LogP contribution in [0.3, 0.4) is 0 Å². The van der Waals surface area contributed by atoms with Gasteiger partial charge in [-0.05, 0) is 55.7 Å². The van der Waals surface area contributed by atoms with Crippen LogP contribution in [0.5, 0.6) is 0 Å². The molecule has 3 N–H and O–H groups in total. The van der Waals surface area contributed by atoms with E-state index >= 15 is 0 Å². The van der Waals surface area contributed by atoms with E-state index in [9.17, 15) is 4.79 Å². The van der Waals surface area contributed by atoms with E-state index in [1.165, 1.54) is 12.8 Å². The molecule has 1 aliphatic carbocycles. The van der Waals surface area contributed by atoms with Crippen LogP contribution in [-0.4, -0.2) is 11.9 Å². The summed E-state index contributed by atoms with van der Waals surface area (Å²) < 4.78 is 0. The van der Waals surface area contributed by atoms with Crippen LogP contribution in [0.25, 0.3) is 0 Å². The van der Waals surface area contributed by atoms with E-state index in [0.29, 0.717) is 23.2 Å². The zero-order chi connectivity index (χ0) is 14.0. The highest BCUT2D eigenvalue weighted by atomic mass is 16.1. The van der Waals surface area contributed by atoms with Gasteiger partial charge in [0.15, 0.2) is 0 Å². The molecule has 1 saturated carbocycles. The average molecular weight is 260 g/mol. The van der Waals surface area contributed by atoms with Crippen LogP contribution in [0.1, 0.15) is 49.0 Å². The Morgan fingerprint density at radius 1 is 1.32 bits per heavy atom. The Hall–Kier alpha value is -1.51. The molecule has 0 saturated heterocycles. The third-order valence-electron chi connectivity index (χ3n) is 4.37. The summed E-state index contributed by atoms with van der Waals surface area (Å²) in [6.07, 6.45) is 3.47. The first-order valence-electron chi connectivity index (χ1n) is 7.15. The molecule has 1 fully saturated rings. The van der Waals surface area contributed by atoms with Crippen molar-refractivity contribution in [3.8, 4) is 0 Å². The molecule has 0 spiro atoms. The lowest BCUT2D eigenvalue weighted by Gasteiger charge is -2.33. The standard InChI is InChI=1S/C16H24N2O/c1-10-7-8-15(11(2)9-10)18-16(19)13-5-4-6-14(17)12(13)3/h4-6,10-11,15H,7-9,17H2,1-3H3,(H,18,19). The van der Waals surface area contributed by atoms with Gasteiger partial charge in [-0.25, -0.2) is 0 Å². The first kappa shape index (κ1) is 13.9. The zero-order valence-corrected chi connectivity index (χ0v) is 12.1. The van der Waals surface area contributed by atoms with Gasteiger partial charge in [-0.15, -0.1) is 0 Å². The smallest absolute Gasteiger partial charge is 0.251 e. The minimum atomic E-state index is 0.0104. The molecule has 0 aliphatic heterocycles. The van der Waals surface area contributed by atoms with Crippen LogP contribution >= 0.6 is 0 Å². The summed E-state index contributed by atoms with van der Waals surface area (Å²) in [4.78, 5) is 12.3. The van der Waals surface area contributed by atoms with Gasteiger partial charge in [-0.1, -0.05) is 19.9 Å². The number of carbonyl (C=O) groups excluding carboxylic acids is 1. The van der Waals surface area contributed by atoms with E-state index in [0.717, 1.165) is 17.9 Å². The Kier molecular flexibility index (Phi) is 4.13. The second-order valence-corrected chi connectivity index (χ2v) is 6.00.